The van der Waals surface area contributed by atoms with Crippen LogP contribution in [0, 0.1) is 5.82 Å². The Labute approximate surface area is 166 Å². The van der Waals surface area contributed by atoms with Crippen LogP contribution in [0.4, 0.5) is 4.39 Å². The van der Waals surface area contributed by atoms with Gasteiger partial charge in [-0.25, -0.2) is 4.39 Å². The molecular weight excluding hydrogens is 391 g/mol. The fourth-order valence-electron chi connectivity index (χ4n) is 4.19. The molecule has 2 N–H and O–H groups in total. The average Bonchev–Trinajstić information content (AvgIpc) is 3.30. The minimum atomic E-state index is -0.490. The van der Waals surface area contributed by atoms with Crippen molar-refractivity contribution in [3.8, 4) is 0 Å². The van der Waals surface area contributed by atoms with Crippen LogP contribution in [0.1, 0.15) is 55.4 Å². The number of nitrogens with two attached hydrogens (primary N) is 1. The Morgan fingerprint density at radius 2 is 2.00 bits per heavy atom. The number of hydrogen-bond donors (Lipinski definition) is 1. The minimum absolute atomic E-state index is 0. The van der Waals surface area contributed by atoms with Crippen molar-refractivity contribution in [2.45, 2.75) is 48.6 Å². The third kappa shape index (κ3) is 2.68. The number of nitrogens with zero attached hydrogens (tertiary/aromatic N) is 3. The molecule has 3 fully saturated rings. The summed E-state index contributed by atoms with van der Waals surface area (Å²) in [6.45, 7) is 0. The number of halogens is 2. The molecule has 0 radical (unpaired) electrons. The average molecular weight is 411 g/mol. The van der Waals surface area contributed by atoms with Crippen molar-refractivity contribution >= 4 is 30.1 Å². The Hall–Kier alpha value is -1.64. The molecule has 1 aliphatic carbocycles. The van der Waals surface area contributed by atoms with E-state index >= 15 is 0 Å². The van der Waals surface area contributed by atoms with Crippen LogP contribution >= 0.6 is 24.2 Å². The van der Waals surface area contributed by atoms with Gasteiger partial charge in [0.05, 0.1) is 5.54 Å². The molecule has 0 spiro atoms. The number of amides is 1. The lowest BCUT2D eigenvalue weighted by atomic mass is 9.77. The summed E-state index contributed by atoms with van der Waals surface area (Å²) in [6, 6.07) is 6.14. The monoisotopic (exact) mass is 410 g/mol. The molecule has 6 nitrogen and oxygen atoms in total. The summed E-state index contributed by atoms with van der Waals surface area (Å²) in [4.78, 5) is 18.6. The second kappa shape index (κ2) is 6.46. The zero-order valence-electron chi connectivity index (χ0n) is 14.6. The standard InChI is InChI=1S/C18H19FN4O2S.ClH/c19-12-4-2-11(3-5-12)18-9-6-14(24)23(18)13(10-26-18)15-21-16(22-25-15)17(20)7-1-8-17;/h2-5,13H,1,6-10,20H2;1H. The summed E-state index contributed by atoms with van der Waals surface area (Å²) in [5.41, 5.74) is 6.74. The van der Waals surface area contributed by atoms with Crippen LogP contribution in [0.15, 0.2) is 28.8 Å². The van der Waals surface area contributed by atoms with E-state index < -0.39 is 10.4 Å². The van der Waals surface area contributed by atoms with Gasteiger partial charge in [-0.3, -0.25) is 4.79 Å². The Morgan fingerprint density at radius 1 is 1.26 bits per heavy atom. The molecule has 2 saturated heterocycles. The minimum Gasteiger partial charge on any atom is -0.337 e. The predicted molar refractivity (Wildman–Crippen MR) is 101 cm³/mol. The molecule has 27 heavy (non-hydrogen) atoms. The molecule has 2 aliphatic heterocycles. The van der Waals surface area contributed by atoms with Gasteiger partial charge in [-0.2, -0.15) is 4.98 Å². The predicted octanol–water partition coefficient (Wildman–Crippen LogP) is 3.23. The molecule has 2 unspecified atom stereocenters. The summed E-state index contributed by atoms with van der Waals surface area (Å²) in [5.74, 6) is 1.44. The first-order chi connectivity index (χ1) is 12.5. The van der Waals surface area contributed by atoms with Gasteiger partial charge in [-0.15, -0.1) is 24.2 Å². The van der Waals surface area contributed by atoms with Gasteiger partial charge >= 0.3 is 0 Å². The molecule has 1 saturated carbocycles. The van der Waals surface area contributed by atoms with Gasteiger partial charge in [-0.1, -0.05) is 17.3 Å². The highest BCUT2D eigenvalue weighted by atomic mass is 35.5. The molecule has 0 bridgehead atoms. The zero-order chi connectivity index (χ0) is 17.9. The fourth-order valence-corrected chi connectivity index (χ4v) is 5.83. The van der Waals surface area contributed by atoms with Gasteiger partial charge in [0.1, 0.15) is 16.7 Å². The maximum absolute atomic E-state index is 13.4. The third-order valence-corrected chi connectivity index (χ3v) is 7.44. The molecule has 9 heteroatoms. The molecular formula is C18H20ClFN4O2S. The molecule has 3 heterocycles. The number of aromatic nitrogens is 2. The summed E-state index contributed by atoms with van der Waals surface area (Å²) in [5, 5.41) is 4.09. The quantitative estimate of drug-likeness (QED) is 0.836. The van der Waals surface area contributed by atoms with Crippen molar-refractivity contribution in [3.05, 3.63) is 47.4 Å². The lowest BCUT2D eigenvalue weighted by Crippen LogP contribution is -2.44. The van der Waals surface area contributed by atoms with E-state index in [4.69, 9.17) is 10.3 Å². The third-order valence-electron chi connectivity index (χ3n) is 5.84. The highest BCUT2D eigenvalue weighted by Crippen LogP contribution is 2.58. The van der Waals surface area contributed by atoms with E-state index in [0.29, 0.717) is 30.3 Å². The number of hydrogen-bond acceptors (Lipinski definition) is 6. The summed E-state index contributed by atoms with van der Waals surface area (Å²) < 4.78 is 18.9. The smallest absolute Gasteiger partial charge is 0.250 e. The Kier molecular flexibility index (Phi) is 4.48. The molecule has 2 aromatic rings. The highest BCUT2D eigenvalue weighted by molar-refractivity contribution is 8.00. The Morgan fingerprint density at radius 3 is 2.67 bits per heavy atom. The van der Waals surface area contributed by atoms with E-state index in [2.05, 4.69) is 10.1 Å². The Balaban J connectivity index is 0.00000180. The Bertz CT molecular complexity index is 873. The van der Waals surface area contributed by atoms with Crippen LogP contribution in [0.3, 0.4) is 0 Å². The lowest BCUT2D eigenvalue weighted by molar-refractivity contribution is -0.131. The number of carbonyl (C=O) groups excluding carboxylic acids is 1. The zero-order valence-corrected chi connectivity index (χ0v) is 16.2. The van der Waals surface area contributed by atoms with Crippen LogP contribution in [-0.4, -0.2) is 26.7 Å². The maximum Gasteiger partial charge on any atom is 0.250 e. The van der Waals surface area contributed by atoms with Gasteiger partial charge < -0.3 is 15.2 Å². The van der Waals surface area contributed by atoms with E-state index in [1.165, 1.54) is 12.1 Å². The van der Waals surface area contributed by atoms with Crippen LogP contribution in [-0.2, 0) is 15.2 Å². The first-order valence-electron chi connectivity index (χ1n) is 8.87. The molecule has 5 rings (SSSR count). The van der Waals surface area contributed by atoms with Gasteiger partial charge in [0.15, 0.2) is 5.82 Å². The summed E-state index contributed by atoms with van der Waals surface area (Å²) >= 11 is 1.69. The second-order valence-electron chi connectivity index (χ2n) is 7.35. The summed E-state index contributed by atoms with van der Waals surface area (Å²) in [7, 11) is 0. The number of thioether (sulfide) groups is 1. The number of rotatable bonds is 3. The fraction of sp³-hybridized carbons (Fsp3) is 0.500. The molecule has 3 aliphatic rings. The molecule has 2 atom stereocenters. The molecule has 1 aromatic carbocycles. The maximum atomic E-state index is 13.4. The van der Waals surface area contributed by atoms with Crippen LogP contribution in [0.25, 0.3) is 0 Å². The first kappa shape index (κ1) is 18.7. The highest BCUT2D eigenvalue weighted by Gasteiger charge is 2.56. The van der Waals surface area contributed by atoms with E-state index in [1.54, 1.807) is 23.9 Å². The van der Waals surface area contributed by atoms with Crippen LogP contribution < -0.4 is 5.73 Å². The molecule has 1 aromatic heterocycles. The van der Waals surface area contributed by atoms with Gasteiger partial charge in [0.25, 0.3) is 0 Å². The first-order valence-corrected chi connectivity index (χ1v) is 9.86. The van der Waals surface area contributed by atoms with Crippen molar-refractivity contribution in [3.63, 3.8) is 0 Å². The number of benzene rings is 1. The van der Waals surface area contributed by atoms with Gasteiger partial charge in [0, 0.05) is 12.2 Å². The SMILES string of the molecule is Cl.NC1(c2noc(C3CSC4(c5ccc(F)cc5)CCC(=O)N34)n2)CCC1. The van der Waals surface area contributed by atoms with E-state index in [9.17, 15) is 9.18 Å². The van der Waals surface area contributed by atoms with Crippen LogP contribution in [0.5, 0.6) is 0 Å². The lowest BCUT2D eigenvalue weighted by Gasteiger charge is -2.34. The van der Waals surface area contributed by atoms with Crippen molar-refractivity contribution in [1.29, 1.82) is 0 Å². The van der Waals surface area contributed by atoms with Gasteiger partial charge in [-0.05, 0) is 43.4 Å². The molecule has 144 valence electrons. The van der Waals surface area contributed by atoms with Crippen molar-refractivity contribution in [1.82, 2.24) is 15.0 Å². The van der Waals surface area contributed by atoms with Gasteiger partial charge in [0.2, 0.25) is 11.8 Å². The number of fused-ring (bicyclic) bond motifs is 1. The second-order valence-corrected chi connectivity index (χ2v) is 8.65. The molecule has 1 amide bonds. The van der Waals surface area contributed by atoms with E-state index in [-0.39, 0.29) is 30.2 Å². The topological polar surface area (TPSA) is 85.2 Å². The normalized spacial score (nSPS) is 28.6. The van der Waals surface area contributed by atoms with E-state index in [0.717, 1.165) is 24.8 Å². The van der Waals surface area contributed by atoms with Crippen molar-refractivity contribution in [2.75, 3.05) is 5.75 Å². The van der Waals surface area contributed by atoms with E-state index in [1.807, 2.05) is 4.90 Å². The van der Waals surface area contributed by atoms with Crippen molar-refractivity contribution in [2.24, 2.45) is 5.73 Å². The largest absolute Gasteiger partial charge is 0.337 e. The number of carbonyl (C=O) groups is 1. The van der Waals surface area contributed by atoms with Crippen LogP contribution in [0.2, 0.25) is 0 Å². The summed E-state index contributed by atoms with van der Waals surface area (Å²) in [6.07, 6.45) is 3.93. The van der Waals surface area contributed by atoms with Crippen molar-refractivity contribution < 1.29 is 13.7 Å².